The van der Waals surface area contributed by atoms with Crippen LogP contribution in [-0.4, -0.2) is 31.3 Å². The van der Waals surface area contributed by atoms with Crippen LogP contribution in [0.1, 0.15) is 73.1 Å². The van der Waals surface area contributed by atoms with E-state index in [9.17, 15) is 4.79 Å². The molecule has 0 spiro atoms. The number of nitrogens with zero attached hydrogens (tertiary/aromatic N) is 4. The standard InChI is InChI=1S/C31H35N5O/c1-3-27-26-21-35(31(37)32-24-11-6-4-7-12-24)29(23-18-16-22(2)17-19-23)28-15-10-20-34(28)30(26)36(33-27)25-13-8-5-9-14-25/h5,8-10,13-20,24,29H,3-4,6-7,11-12,21H2,1-2H3,(H,32,37). The van der Waals surface area contributed by atoms with E-state index in [1.165, 1.54) is 24.8 Å². The molecular formula is C31H35N5O. The number of carbonyl (C=O) groups is 1. The van der Waals surface area contributed by atoms with Crippen molar-refractivity contribution in [1.82, 2.24) is 24.6 Å². The first-order valence-electron chi connectivity index (χ1n) is 13.6. The lowest BCUT2D eigenvalue weighted by atomic mass is 9.95. The molecule has 1 saturated carbocycles. The van der Waals surface area contributed by atoms with Crippen LogP contribution in [0.4, 0.5) is 4.79 Å². The minimum atomic E-state index is -0.208. The molecule has 4 aromatic rings. The Bertz CT molecular complexity index is 1380. The van der Waals surface area contributed by atoms with Crippen molar-refractivity contribution in [2.45, 2.75) is 71.0 Å². The molecule has 2 aromatic heterocycles. The van der Waals surface area contributed by atoms with Gasteiger partial charge >= 0.3 is 6.03 Å². The van der Waals surface area contributed by atoms with Gasteiger partial charge in [-0.15, -0.1) is 0 Å². The predicted molar refractivity (Wildman–Crippen MR) is 146 cm³/mol. The molecule has 1 unspecified atom stereocenters. The minimum Gasteiger partial charge on any atom is -0.335 e. The van der Waals surface area contributed by atoms with Crippen molar-refractivity contribution in [3.63, 3.8) is 0 Å². The second kappa shape index (κ2) is 9.92. The van der Waals surface area contributed by atoms with E-state index in [0.29, 0.717) is 6.54 Å². The number of amides is 2. The molecule has 0 radical (unpaired) electrons. The molecule has 1 aliphatic carbocycles. The molecule has 1 N–H and O–H groups in total. The van der Waals surface area contributed by atoms with Crippen molar-refractivity contribution >= 4 is 6.03 Å². The van der Waals surface area contributed by atoms with E-state index in [0.717, 1.165) is 53.3 Å². The first kappa shape index (κ1) is 23.6. The zero-order valence-corrected chi connectivity index (χ0v) is 21.7. The van der Waals surface area contributed by atoms with E-state index in [1.807, 2.05) is 27.8 Å². The molecule has 0 bridgehead atoms. The number of aromatic nitrogens is 3. The Labute approximate surface area is 218 Å². The molecule has 190 valence electrons. The largest absolute Gasteiger partial charge is 0.335 e. The van der Waals surface area contributed by atoms with Gasteiger partial charge in [0.05, 0.1) is 29.7 Å². The highest BCUT2D eigenvalue weighted by atomic mass is 16.2. The van der Waals surface area contributed by atoms with Gasteiger partial charge in [-0.3, -0.25) is 0 Å². The molecule has 1 atom stereocenters. The van der Waals surface area contributed by atoms with Crippen LogP contribution >= 0.6 is 0 Å². The quantitative estimate of drug-likeness (QED) is 0.354. The zero-order valence-electron chi connectivity index (χ0n) is 21.7. The zero-order chi connectivity index (χ0) is 25.4. The van der Waals surface area contributed by atoms with Gasteiger partial charge in [0.25, 0.3) is 0 Å². The number of fused-ring (bicyclic) bond motifs is 3. The Morgan fingerprint density at radius 2 is 1.73 bits per heavy atom. The summed E-state index contributed by atoms with van der Waals surface area (Å²) >= 11 is 0. The molecule has 2 amide bonds. The number of hydrogen-bond donors (Lipinski definition) is 1. The number of nitrogens with one attached hydrogen (secondary N) is 1. The number of aryl methyl sites for hydroxylation is 2. The Kier molecular flexibility index (Phi) is 6.33. The van der Waals surface area contributed by atoms with Crippen LogP contribution in [0.5, 0.6) is 0 Å². The van der Waals surface area contributed by atoms with E-state index in [1.54, 1.807) is 0 Å². The number of carbonyl (C=O) groups excluding carboxylic acids is 1. The highest BCUT2D eigenvalue weighted by Gasteiger charge is 2.36. The SMILES string of the molecule is CCc1nn(-c2ccccc2)c2c1CN(C(=O)NC1CCCCC1)C(c1ccc(C)cc1)c1cccn1-2. The summed E-state index contributed by atoms with van der Waals surface area (Å²) < 4.78 is 4.29. The molecule has 1 fully saturated rings. The number of urea groups is 1. The van der Waals surface area contributed by atoms with Gasteiger partial charge in [0, 0.05) is 17.8 Å². The van der Waals surface area contributed by atoms with Crippen LogP contribution in [0.25, 0.3) is 11.5 Å². The number of rotatable bonds is 4. The predicted octanol–water partition coefficient (Wildman–Crippen LogP) is 6.48. The Morgan fingerprint density at radius 1 is 0.973 bits per heavy atom. The highest BCUT2D eigenvalue weighted by Crippen LogP contribution is 2.39. The van der Waals surface area contributed by atoms with E-state index < -0.39 is 0 Å². The van der Waals surface area contributed by atoms with Crippen molar-refractivity contribution in [1.29, 1.82) is 0 Å². The van der Waals surface area contributed by atoms with Crippen molar-refractivity contribution < 1.29 is 4.79 Å². The lowest BCUT2D eigenvalue weighted by Gasteiger charge is -2.33. The first-order chi connectivity index (χ1) is 18.1. The number of benzene rings is 2. The maximum atomic E-state index is 14.1. The van der Waals surface area contributed by atoms with Crippen molar-refractivity contribution in [2.75, 3.05) is 0 Å². The van der Waals surface area contributed by atoms with Crippen molar-refractivity contribution in [3.05, 3.63) is 101 Å². The third-order valence-electron chi connectivity index (χ3n) is 7.89. The summed E-state index contributed by atoms with van der Waals surface area (Å²) in [6.45, 7) is 4.75. The third-order valence-corrected chi connectivity index (χ3v) is 7.89. The van der Waals surface area contributed by atoms with Gasteiger partial charge in [0.2, 0.25) is 0 Å². The summed E-state index contributed by atoms with van der Waals surface area (Å²) in [6, 6.07) is 23.2. The van der Waals surface area contributed by atoms with Gasteiger partial charge in [-0.25, -0.2) is 9.48 Å². The molecule has 2 aliphatic rings. The highest BCUT2D eigenvalue weighted by molar-refractivity contribution is 5.76. The Hall–Kier alpha value is -3.80. The average Bonchev–Trinajstić information content (AvgIpc) is 3.51. The fourth-order valence-electron chi connectivity index (χ4n) is 5.95. The van der Waals surface area contributed by atoms with Gasteiger partial charge in [0.1, 0.15) is 5.82 Å². The van der Waals surface area contributed by atoms with Crippen LogP contribution in [0.2, 0.25) is 0 Å². The average molecular weight is 494 g/mol. The first-order valence-corrected chi connectivity index (χ1v) is 13.6. The summed E-state index contributed by atoms with van der Waals surface area (Å²) in [6.07, 6.45) is 8.65. The molecule has 3 heterocycles. The van der Waals surface area contributed by atoms with Gasteiger partial charge < -0.3 is 14.8 Å². The molecular weight excluding hydrogens is 458 g/mol. The molecule has 6 nitrogen and oxygen atoms in total. The summed E-state index contributed by atoms with van der Waals surface area (Å²) in [5.41, 5.74) is 6.55. The number of para-hydroxylation sites is 1. The summed E-state index contributed by atoms with van der Waals surface area (Å²) in [5.74, 6) is 1.02. The summed E-state index contributed by atoms with van der Waals surface area (Å²) in [7, 11) is 0. The fraction of sp³-hybridized carbons (Fsp3) is 0.355. The second-order valence-electron chi connectivity index (χ2n) is 10.4. The second-order valence-corrected chi connectivity index (χ2v) is 10.4. The van der Waals surface area contributed by atoms with E-state index in [-0.39, 0.29) is 18.1 Å². The van der Waals surface area contributed by atoms with Crippen LogP contribution in [0, 0.1) is 6.92 Å². The van der Waals surface area contributed by atoms with E-state index >= 15 is 0 Å². The normalized spacial score (nSPS) is 17.7. The lowest BCUT2D eigenvalue weighted by Crippen LogP contribution is -2.46. The number of hydrogen-bond acceptors (Lipinski definition) is 2. The molecule has 37 heavy (non-hydrogen) atoms. The topological polar surface area (TPSA) is 55.1 Å². The third kappa shape index (κ3) is 4.35. The Morgan fingerprint density at radius 3 is 2.46 bits per heavy atom. The van der Waals surface area contributed by atoms with Crippen molar-refractivity contribution in [3.8, 4) is 11.5 Å². The van der Waals surface area contributed by atoms with E-state index in [4.69, 9.17) is 5.10 Å². The molecule has 6 rings (SSSR count). The lowest BCUT2D eigenvalue weighted by molar-refractivity contribution is 0.173. The molecule has 1 aliphatic heterocycles. The minimum absolute atomic E-state index is 0.00703. The molecule has 6 heteroatoms. The van der Waals surface area contributed by atoms with Crippen LogP contribution < -0.4 is 5.32 Å². The van der Waals surface area contributed by atoms with Crippen LogP contribution in [0.3, 0.4) is 0 Å². The van der Waals surface area contributed by atoms with Gasteiger partial charge in [-0.1, -0.05) is 74.2 Å². The maximum absolute atomic E-state index is 14.1. The van der Waals surface area contributed by atoms with Gasteiger partial charge in [-0.05, 0) is 56.0 Å². The van der Waals surface area contributed by atoms with Crippen LogP contribution in [-0.2, 0) is 13.0 Å². The van der Waals surface area contributed by atoms with Crippen LogP contribution in [0.15, 0.2) is 72.9 Å². The smallest absolute Gasteiger partial charge is 0.318 e. The van der Waals surface area contributed by atoms with Crippen molar-refractivity contribution in [2.24, 2.45) is 0 Å². The fourth-order valence-corrected chi connectivity index (χ4v) is 5.95. The molecule has 0 saturated heterocycles. The summed E-state index contributed by atoms with van der Waals surface area (Å²) in [4.78, 5) is 16.1. The van der Waals surface area contributed by atoms with E-state index in [2.05, 4.69) is 78.5 Å². The van der Waals surface area contributed by atoms with Gasteiger partial charge in [0.15, 0.2) is 0 Å². The summed E-state index contributed by atoms with van der Waals surface area (Å²) in [5, 5.41) is 8.46. The monoisotopic (exact) mass is 493 g/mol. The van der Waals surface area contributed by atoms with Gasteiger partial charge in [-0.2, -0.15) is 5.10 Å². The Balaban J connectivity index is 1.52. The maximum Gasteiger partial charge on any atom is 0.318 e. The molecule has 2 aromatic carbocycles.